The molecule has 0 aromatic carbocycles. The zero-order valence-electron chi connectivity index (χ0n) is 10.1. The van der Waals surface area contributed by atoms with Gasteiger partial charge in [-0.25, -0.2) is 0 Å². The molecule has 15 heavy (non-hydrogen) atoms. The highest BCUT2D eigenvalue weighted by atomic mass is 16.1. The lowest BCUT2D eigenvalue weighted by Gasteiger charge is -2.27. The molecule has 0 rings (SSSR count). The molecule has 0 aliphatic rings. The summed E-state index contributed by atoms with van der Waals surface area (Å²) >= 11 is 0. The molecule has 0 bridgehead atoms. The van der Waals surface area contributed by atoms with Crippen LogP contribution in [-0.4, -0.2) is 29.9 Å². The number of hydrogen-bond donors (Lipinski definition) is 1. The summed E-state index contributed by atoms with van der Waals surface area (Å²) in [6, 6.07) is 2.52. The summed E-state index contributed by atoms with van der Waals surface area (Å²) in [5, 5.41) is 8.87. The van der Waals surface area contributed by atoms with Crippen molar-refractivity contribution in [3.8, 4) is 6.07 Å². The van der Waals surface area contributed by atoms with Gasteiger partial charge < -0.3 is 5.73 Å². The molecule has 0 aromatic heterocycles. The van der Waals surface area contributed by atoms with Crippen LogP contribution < -0.4 is 5.73 Å². The van der Waals surface area contributed by atoms with Crippen LogP contribution in [0.3, 0.4) is 0 Å². The van der Waals surface area contributed by atoms with Crippen molar-refractivity contribution in [2.75, 3.05) is 13.1 Å². The number of amides is 1. The van der Waals surface area contributed by atoms with E-state index in [4.69, 9.17) is 11.0 Å². The molecule has 0 fully saturated rings. The Kier molecular flexibility index (Phi) is 5.31. The molecular formula is C11H21N3O. The van der Waals surface area contributed by atoms with Gasteiger partial charge in [0.1, 0.15) is 0 Å². The van der Waals surface area contributed by atoms with E-state index in [1.165, 1.54) is 0 Å². The molecule has 0 saturated heterocycles. The highest BCUT2D eigenvalue weighted by Gasteiger charge is 2.20. The summed E-state index contributed by atoms with van der Waals surface area (Å²) < 4.78 is 0. The van der Waals surface area contributed by atoms with E-state index in [2.05, 4.69) is 6.07 Å². The summed E-state index contributed by atoms with van der Waals surface area (Å²) in [5.74, 6) is -0.321. The molecule has 0 radical (unpaired) electrons. The highest BCUT2D eigenvalue weighted by Crippen LogP contribution is 2.19. The second-order valence-corrected chi connectivity index (χ2v) is 4.78. The van der Waals surface area contributed by atoms with Crippen molar-refractivity contribution < 1.29 is 4.79 Å². The van der Waals surface area contributed by atoms with Crippen molar-refractivity contribution in [3.63, 3.8) is 0 Å². The molecule has 2 N–H and O–H groups in total. The largest absolute Gasteiger partial charge is 0.369 e. The Balaban J connectivity index is 4.20. The quantitative estimate of drug-likeness (QED) is 0.715. The van der Waals surface area contributed by atoms with Crippen LogP contribution in [0.25, 0.3) is 0 Å². The summed E-state index contributed by atoms with van der Waals surface area (Å²) in [7, 11) is 0. The topological polar surface area (TPSA) is 70.1 Å². The Hall–Kier alpha value is -1.08. The number of nitrogens with two attached hydrogens (primary N) is 1. The van der Waals surface area contributed by atoms with Crippen LogP contribution in [-0.2, 0) is 4.79 Å². The normalized spacial score (nSPS) is 11.8. The number of hydrogen-bond acceptors (Lipinski definition) is 3. The van der Waals surface area contributed by atoms with Gasteiger partial charge in [-0.2, -0.15) is 5.26 Å². The minimum absolute atomic E-state index is 0.263. The number of carbonyl (C=O) groups is 1. The standard InChI is InChI=1S/C11H21N3O/c1-9(2)14(7-10(13)15)6-5-11(3,4)8-12/h9H,5-7H2,1-4H3,(H2,13,15). The molecule has 4 nitrogen and oxygen atoms in total. The molecule has 1 amide bonds. The molecular weight excluding hydrogens is 190 g/mol. The Morgan fingerprint density at radius 3 is 2.40 bits per heavy atom. The molecule has 0 spiro atoms. The smallest absolute Gasteiger partial charge is 0.231 e. The average molecular weight is 211 g/mol. The lowest BCUT2D eigenvalue weighted by molar-refractivity contribution is -0.119. The Morgan fingerprint density at radius 1 is 1.53 bits per heavy atom. The Bertz CT molecular complexity index is 253. The lowest BCUT2D eigenvalue weighted by atomic mass is 9.91. The van der Waals surface area contributed by atoms with Gasteiger partial charge in [0.2, 0.25) is 5.91 Å². The first-order chi connectivity index (χ1) is 6.78. The molecule has 86 valence electrons. The van der Waals surface area contributed by atoms with Gasteiger partial charge in [0, 0.05) is 12.6 Å². The molecule has 4 heteroatoms. The van der Waals surface area contributed by atoms with E-state index in [-0.39, 0.29) is 23.9 Å². The van der Waals surface area contributed by atoms with Crippen molar-refractivity contribution >= 4 is 5.91 Å². The van der Waals surface area contributed by atoms with Crippen molar-refractivity contribution in [1.82, 2.24) is 4.90 Å². The van der Waals surface area contributed by atoms with Crippen LogP contribution in [0.15, 0.2) is 0 Å². The minimum Gasteiger partial charge on any atom is -0.369 e. The van der Waals surface area contributed by atoms with Crippen LogP contribution in [0.4, 0.5) is 0 Å². The second-order valence-electron chi connectivity index (χ2n) is 4.78. The predicted molar refractivity (Wildman–Crippen MR) is 59.9 cm³/mol. The van der Waals surface area contributed by atoms with Crippen LogP contribution in [0.5, 0.6) is 0 Å². The maximum absolute atomic E-state index is 10.8. The zero-order chi connectivity index (χ0) is 12.1. The fraction of sp³-hybridized carbons (Fsp3) is 0.818. The Labute approximate surface area is 92.0 Å². The summed E-state index contributed by atoms with van der Waals surface area (Å²) in [6.45, 7) is 8.82. The van der Waals surface area contributed by atoms with E-state index in [1.807, 2.05) is 32.6 Å². The fourth-order valence-corrected chi connectivity index (χ4v) is 1.20. The van der Waals surface area contributed by atoms with Gasteiger partial charge in [0.15, 0.2) is 0 Å². The van der Waals surface area contributed by atoms with Gasteiger partial charge in [0.25, 0.3) is 0 Å². The van der Waals surface area contributed by atoms with Gasteiger partial charge in [-0.1, -0.05) is 0 Å². The molecule has 0 heterocycles. The van der Waals surface area contributed by atoms with E-state index in [1.54, 1.807) is 0 Å². The molecule has 0 atom stereocenters. The number of nitrogens with zero attached hydrogens (tertiary/aromatic N) is 2. The van der Waals surface area contributed by atoms with E-state index >= 15 is 0 Å². The van der Waals surface area contributed by atoms with Gasteiger partial charge in [0.05, 0.1) is 18.0 Å². The SMILES string of the molecule is CC(C)N(CCC(C)(C)C#N)CC(N)=O. The minimum atomic E-state index is -0.342. The zero-order valence-corrected chi connectivity index (χ0v) is 10.1. The maximum Gasteiger partial charge on any atom is 0.231 e. The monoisotopic (exact) mass is 211 g/mol. The predicted octanol–water partition coefficient (Wildman–Crippen LogP) is 1.12. The van der Waals surface area contributed by atoms with E-state index in [9.17, 15) is 4.79 Å². The van der Waals surface area contributed by atoms with Crippen LogP contribution in [0.1, 0.15) is 34.1 Å². The van der Waals surface area contributed by atoms with Crippen molar-refractivity contribution in [3.05, 3.63) is 0 Å². The number of nitriles is 1. The van der Waals surface area contributed by atoms with Gasteiger partial charge >= 0.3 is 0 Å². The molecule has 0 aliphatic carbocycles. The van der Waals surface area contributed by atoms with Gasteiger partial charge in [-0.3, -0.25) is 9.69 Å². The first-order valence-corrected chi connectivity index (χ1v) is 5.22. The average Bonchev–Trinajstić information content (AvgIpc) is 2.11. The van der Waals surface area contributed by atoms with Crippen LogP contribution >= 0.6 is 0 Å². The third-order valence-corrected chi connectivity index (χ3v) is 2.42. The van der Waals surface area contributed by atoms with Crippen molar-refractivity contribution in [2.45, 2.75) is 40.2 Å². The first-order valence-electron chi connectivity index (χ1n) is 5.22. The van der Waals surface area contributed by atoms with Crippen molar-refractivity contribution in [2.24, 2.45) is 11.1 Å². The molecule has 0 aliphatic heterocycles. The molecule has 0 aromatic rings. The second kappa shape index (κ2) is 5.72. The van der Waals surface area contributed by atoms with E-state index in [0.29, 0.717) is 0 Å². The fourth-order valence-electron chi connectivity index (χ4n) is 1.20. The molecule has 0 unspecified atom stereocenters. The van der Waals surface area contributed by atoms with E-state index in [0.717, 1.165) is 13.0 Å². The molecule has 0 saturated carbocycles. The number of carbonyl (C=O) groups excluding carboxylic acids is 1. The summed E-state index contributed by atoms with van der Waals surface area (Å²) in [4.78, 5) is 12.8. The van der Waals surface area contributed by atoms with Crippen LogP contribution in [0, 0.1) is 16.7 Å². The van der Waals surface area contributed by atoms with E-state index < -0.39 is 0 Å². The van der Waals surface area contributed by atoms with Gasteiger partial charge in [-0.05, 0) is 34.1 Å². The lowest BCUT2D eigenvalue weighted by Crippen LogP contribution is -2.40. The highest BCUT2D eigenvalue weighted by molar-refractivity contribution is 5.75. The third-order valence-electron chi connectivity index (χ3n) is 2.42. The van der Waals surface area contributed by atoms with Crippen molar-refractivity contribution in [1.29, 1.82) is 5.26 Å². The number of rotatable bonds is 6. The summed E-state index contributed by atoms with van der Waals surface area (Å²) in [6.07, 6.45) is 0.745. The summed E-state index contributed by atoms with van der Waals surface area (Å²) in [5.41, 5.74) is 4.81. The third kappa shape index (κ3) is 6.08. The maximum atomic E-state index is 10.8. The van der Waals surface area contributed by atoms with Gasteiger partial charge in [-0.15, -0.1) is 0 Å². The Morgan fingerprint density at radius 2 is 2.07 bits per heavy atom. The first kappa shape index (κ1) is 13.9. The van der Waals surface area contributed by atoms with Crippen LogP contribution in [0.2, 0.25) is 0 Å². The number of primary amides is 1.